The largest absolute Gasteiger partial charge is 0.386 e. The normalized spacial score (nSPS) is 11.8. The highest BCUT2D eigenvalue weighted by atomic mass is 35.5. The molecule has 1 rings (SSSR count). The Kier molecular flexibility index (Phi) is 2.94. The van der Waals surface area contributed by atoms with E-state index in [1.807, 2.05) is 6.92 Å². The SMILES string of the molecule is CCc1ncc(C(C)(C)O)cc1Cl. The van der Waals surface area contributed by atoms with E-state index in [1.54, 1.807) is 26.1 Å². The molecule has 72 valence electrons. The molecule has 0 aliphatic heterocycles. The summed E-state index contributed by atoms with van der Waals surface area (Å²) in [4.78, 5) is 4.17. The van der Waals surface area contributed by atoms with Gasteiger partial charge in [0.15, 0.2) is 0 Å². The van der Waals surface area contributed by atoms with E-state index >= 15 is 0 Å². The van der Waals surface area contributed by atoms with Crippen molar-refractivity contribution in [2.24, 2.45) is 0 Å². The number of hydrogen-bond donors (Lipinski definition) is 1. The lowest BCUT2D eigenvalue weighted by molar-refractivity contribution is 0.0782. The Hall–Kier alpha value is -0.600. The van der Waals surface area contributed by atoms with E-state index in [0.29, 0.717) is 5.02 Å². The van der Waals surface area contributed by atoms with Crippen LogP contribution >= 0.6 is 11.6 Å². The van der Waals surface area contributed by atoms with Crippen LogP contribution in [0.15, 0.2) is 12.3 Å². The lowest BCUT2D eigenvalue weighted by Crippen LogP contribution is -2.16. The van der Waals surface area contributed by atoms with Crippen LogP contribution in [0.2, 0.25) is 5.02 Å². The van der Waals surface area contributed by atoms with Gasteiger partial charge in [-0.2, -0.15) is 0 Å². The van der Waals surface area contributed by atoms with Gasteiger partial charge in [0.2, 0.25) is 0 Å². The summed E-state index contributed by atoms with van der Waals surface area (Å²) in [5, 5.41) is 10.3. The van der Waals surface area contributed by atoms with Crippen molar-refractivity contribution in [2.75, 3.05) is 0 Å². The highest BCUT2D eigenvalue weighted by molar-refractivity contribution is 6.31. The molecular weight excluding hydrogens is 186 g/mol. The van der Waals surface area contributed by atoms with Gasteiger partial charge in [0, 0.05) is 11.8 Å². The molecule has 1 aromatic rings. The van der Waals surface area contributed by atoms with Gasteiger partial charge in [0.25, 0.3) is 0 Å². The minimum absolute atomic E-state index is 0.627. The predicted octanol–water partition coefficient (Wildman–Crippen LogP) is 2.52. The molecule has 2 nitrogen and oxygen atoms in total. The summed E-state index contributed by atoms with van der Waals surface area (Å²) in [6.07, 6.45) is 2.48. The van der Waals surface area contributed by atoms with Gasteiger partial charge in [-0.15, -0.1) is 0 Å². The number of rotatable bonds is 2. The Labute approximate surface area is 83.6 Å². The zero-order chi connectivity index (χ0) is 10.1. The molecule has 0 bridgehead atoms. The maximum absolute atomic E-state index is 9.68. The van der Waals surface area contributed by atoms with Gasteiger partial charge in [0.1, 0.15) is 0 Å². The molecule has 0 saturated heterocycles. The van der Waals surface area contributed by atoms with Crippen molar-refractivity contribution in [1.82, 2.24) is 4.98 Å². The summed E-state index contributed by atoms with van der Waals surface area (Å²) in [7, 11) is 0. The zero-order valence-corrected chi connectivity index (χ0v) is 8.89. The summed E-state index contributed by atoms with van der Waals surface area (Å²) < 4.78 is 0. The van der Waals surface area contributed by atoms with Crippen molar-refractivity contribution in [3.63, 3.8) is 0 Å². The molecule has 3 heteroatoms. The van der Waals surface area contributed by atoms with Gasteiger partial charge >= 0.3 is 0 Å². The fourth-order valence-electron chi connectivity index (χ4n) is 1.06. The molecule has 1 N–H and O–H groups in total. The lowest BCUT2D eigenvalue weighted by Gasteiger charge is -2.17. The van der Waals surface area contributed by atoms with Crippen molar-refractivity contribution >= 4 is 11.6 Å². The molecule has 0 aliphatic carbocycles. The van der Waals surface area contributed by atoms with Crippen LogP contribution in [0.25, 0.3) is 0 Å². The van der Waals surface area contributed by atoms with Gasteiger partial charge in [-0.3, -0.25) is 4.98 Å². The average Bonchev–Trinajstić information content (AvgIpc) is 2.02. The third-order valence-electron chi connectivity index (χ3n) is 1.96. The molecule has 1 heterocycles. The smallest absolute Gasteiger partial charge is 0.0855 e. The van der Waals surface area contributed by atoms with Crippen LogP contribution in [-0.2, 0) is 12.0 Å². The van der Waals surface area contributed by atoms with E-state index in [0.717, 1.165) is 17.7 Å². The van der Waals surface area contributed by atoms with Crippen LogP contribution in [0.3, 0.4) is 0 Å². The summed E-state index contributed by atoms with van der Waals surface area (Å²) in [6, 6.07) is 1.77. The molecule has 0 aromatic carbocycles. The molecule has 13 heavy (non-hydrogen) atoms. The van der Waals surface area contributed by atoms with Gasteiger partial charge in [-0.05, 0) is 26.3 Å². The van der Waals surface area contributed by atoms with Crippen LogP contribution < -0.4 is 0 Å². The lowest BCUT2D eigenvalue weighted by atomic mass is 10.0. The molecule has 1 aromatic heterocycles. The van der Waals surface area contributed by atoms with Crippen LogP contribution in [0.1, 0.15) is 32.0 Å². The van der Waals surface area contributed by atoms with Gasteiger partial charge in [-0.25, -0.2) is 0 Å². The molecule has 0 amide bonds. The Balaban J connectivity index is 3.10. The van der Waals surface area contributed by atoms with E-state index in [-0.39, 0.29) is 0 Å². The third-order valence-corrected chi connectivity index (χ3v) is 2.29. The number of aryl methyl sites for hydroxylation is 1. The van der Waals surface area contributed by atoms with E-state index in [4.69, 9.17) is 11.6 Å². The number of aromatic nitrogens is 1. The molecule has 0 saturated carbocycles. The standard InChI is InChI=1S/C10H14ClNO/c1-4-9-8(11)5-7(6-12-9)10(2,3)13/h5-6,13H,4H2,1-3H3. The minimum atomic E-state index is -0.872. The van der Waals surface area contributed by atoms with Crippen LogP contribution in [0, 0.1) is 0 Å². The number of halogens is 1. The number of nitrogens with zero attached hydrogens (tertiary/aromatic N) is 1. The molecule has 0 unspecified atom stereocenters. The van der Waals surface area contributed by atoms with Crippen molar-refractivity contribution in [1.29, 1.82) is 0 Å². The highest BCUT2D eigenvalue weighted by Gasteiger charge is 2.17. The summed E-state index contributed by atoms with van der Waals surface area (Å²) >= 11 is 5.96. The summed E-state index contributed by atoms with van der Waals surface area (Å²) in [6.45, 7) is 5.43. The first-order valence-corrected chi connectivity index (χ1v) is 4.70. The topological polar surface area (TPSA) is 33.1 Å². The first-order valence-electron chi connectivity index (χ1n) is 4.32. The molecule has 0 aliphatic rings. The Bertz CT molecular complexity index is 304. The highest BCUT2D eigenvalue weighted by Crippen LogP contribution is 2.23. The first kappa shape index (κ1) is 10.5. The molecule has 0 atom stereocenters. The molecule has 0 fully saturated rings. The van der Waals surface area contributed by atoms with Crippen molar-refractivity contribution in [3.8, 4) is 0 Å². The Morgan fingerprint density at radius 2 is 2.15 bits per heavy atom. The quantitative estimate of drug-likeness (QED) is 0.794. The van der Waals surface area contributed by atoms with Gasteiger partial charge in [0.05, 0.1) is 16.3 Å². The van der Waals surface area contributed by atoms with E-state index in [9.17, 15) is 5.11 Å². The fourth-order valence-corrected chi connectivity index (χ4v) is 1.36. The third kappa shape index (κ3) is 2.42. The van der Waals surface area contributed by atoms with Crippen molar-refractivity contribution < 1.29 is 5.11 Å². The van der Waals surface area contributed by atoms with E-state index in [1.165, 1.54) is 0 Å². The Morgan fingerprint density at radius 1 is 1.54 bits per heavy atom. The van der Waals surface area contributed by atoms with Crippen LogP contribution in [0.4, 0.5) is 0 Å². The second-order valence-electron chi connectivity index (χ2n) is 3.57. The Morgan fingerprint density at radius 3 is 2.54 bits per heavy atom. The second kappa shape index (κ2) is 3.64. The summed E-state index contributed by atoms with van der Waals surface area (Å²) in [5.74, 6) is 0. The number of pyridine rings is 1. The predicted molar refractivity (Wildman–Crippen MR) is 53.9 cm³/mol. The van der Waals surface area contributed by atoms with Crippen molar-refractivity contribution in [3.05, 3.63) is 28.5 Å². The summed E-state index contributed by atoms with van der Waals surface area (Å²) in [5.41, 5.74) is 0.743. The van der Waals surface area contributed by atoms with Crippen molar-refractivity contribution in [2.45, 2.75) is 32.8 Å². The van der Waals surface area contributed by atoms with Crippen LogP contribution in [-0.4, -0.2) is 10.1 Å². The van der Waals surface area contributed by atoms with Crippen LogP contribution in [0.5, 0.6) is 0 Å². The number of hydrogen-bond acceptors (Lipinski definition) is 2. The van der Waals surface area contributed by atoms with Gasteiger partial charge < -0.3 is 5.11 Å². The zero-order valence-electron chi connectivity index (χ0n) is 8.13. The molecule has 0 radical (unpaired) electrons. The molecular formula is C10H14ClNO. The molecule has 0 spiro atoms. The minimum Gasteiger partial charge on any atom is -0.386 e. The van der Waals surface area contributed by atoms with Gasteiger partial charge in [-0.1, -0.05) is 18.5 Å². The average molecular weight is 200 g/mol. The monoisotopic (exact) mass is 199 g/mol. The first-order chi connectivity index (χ1) is 5.95. The maximum Gasteiger partial charge on any atom is 0.0855 e. The number of aliphatic hydroxyl groups is 1. The van der Waals surface area contributed by atoms with E-state index < -0.39 is 5.60 Å². The maximum atomic E-state index is 9.68. The fraction of sp³-hybridized carbons (Fsp3) is 0.500. The van der Waals surface area contributed by atoms with E-state index in [2.05, 4.69) is 4.98 Å². The second-order valence-corrected chi connectivity index (χ2v) is 3.97.